The number of rotatable bonds is 3. The molecule has 0 saturated heterocycles. The maximum absolute atomic E-state index is 10.6. The van der Waals surface area contributed by atoms with Crippen LogP contribution in [-0.2, 0) is 0 Å². The first kappa shape index (κ1) is 13.2. The summed E-state index contributed by atoms with van der Waals surface area (Å²) in [4.78, 5) is 14.0. The molecule has 5 nitrogen and oxygen atoms in total. The Balaban J connectivity index is 2.24. The number of nitrogens with zero attached hydrogens (tertiary/aromatic N) is 2. The van der Waals surface area contributed by atoms with Gasteiger partial charge in [-0.25, -0.2) is 4.98 Å². The minimum atomic E-state index is -0.508. The van der Waals surface area contributed by atoms with E-state index in [1.807, 2.05) is 12.1 Å². The number of hydrogen-bond donors (Lipinski definition) is 0. The van der Waals surface area contributed by atoms with Crippen LogP contribution in [0.2, 0.25) is 0 Å². The predicted molar refractivity (Wildman–Crippen MR) is 77.8 cm³/mol. The topological polar surface area (TPSA) is 65.3 Å². The van der Waals surface area contributed by atoms with Crippen LogP contribution in [0.4, 0.5) is 5.69 Å². The third-order valence-corrected chi connectivity index (χ3v) is 3.32. The van der Waals surface area contributed by atoms with E-state index in [0.717, 1.165) is 9.77 Å². The highest BCUT2D eigenvalue weighted by molar-refractivity contribution is 14.1. The van der Waals surface area contributed by atoms with Gasteiger partial charge in [-0.3, -0.25) is 10.1 Å². The van der Waals surface area contributed by atoms with Crippen molar-refractivity contribution < 1.29 is 9.66 Å². The lowest BCUT2D eigenvalue weighted by Crippen LogP contribution is -1.93. The van der Waals surface area contributed by atoms with Gasteiger partial charge in [-0.15, -0.1) is 0 Å². The van der Waals surface area contributed by atoms with Crippen molar-refractivity contribution in [2.45, 2.75) is 0 Å². The zero-order valence-electron chi connectivity index (χ0n) is 8.84. The van der Waals surface area contributed by atoms with E-state index in [-0.39, 0.29) is 5.69 Å². The van der Waals surface area contributed by atoms with Gasteiger partial charge in [0.05, 0.1) is 9.40 Å². The number of benzene rings is 1. The van der Waals surface area contributed by atoms with Crippen molar-refractivity contribution >= 4 is 44.2 Å². The Bertz CT molecular complexity index is 589. The molecule has 1 heterocycles. The van der Waals surface area contributed by atoms with Crippen molar-refractivity contribution in [3.8, 4) is 11.6 Å². The fourth-order valence-electron chi connectivity index (χ4n) is 1.20. The van der Waals surface area contributed by atoms with E-state index in [9.17, 15) is 10.1 Å². The number of pyridine rings is 1. The molecule has 0 spiro atoms. The first-order valence-electron chi connectivity index (χ1n) is 4.79. The summed E-state index contributed by atoms with van der Waals surface area (Å²) >= 11 is 5.38. The van der Waals surface area contributed by atoms with Gasteiger partial charge in [-0.05, 0) is 62.8 Å². The van der Waals surface area contributed by atoms with Gasteiger partial charge in [0.15, 0.2) is 0 Å². The fourth-order valence-corrected chi connectivity index (χ4v) is 1.98. The smallest absolute Gasteiger partial charge is 0.288 e. The van der Waals surface area contributed by atoms with Crippen molar-refractivity contribution in [2.24, 2.45) is 0 Å². The van der Waals surface area contributed by atoms with Crippen molar-refractivity contribution in [1.82, 2.24) is 4.98 Å². The third-order valence-electron chi connectivity index (χ3n) is 2.03. The summed E-state index contributed by atoms with van der Waals surface area (Å²) in [6, 6.07) is 8.76. The number of hydrogen-bond acceptors (Lipinski definition) is 4. The highest BCUT2D eigenvalue weighted by atomic mass is 127. The van der Waals surface area contributed by atoms with E-state index >= 15 is 0 Å². The first-order chi connectivity index (χ1) is 8.56. The number of aromatic nitrogens is 1. The summed E-state index contributed by atoms with van der Waals surface area (Å²) in [7, 11) is 0. The summed E-state index contributed by atoms with van der Waals surface area (Å²) < 4.78 is 7.05. The molecule has 0 aliphatic rings. The molecule has 0 unspecified atom stereocenters. The molecule has 0 bridgehead atoms. The Morgan fingerprint density at radius 3 is 2.56 bits per heavy atom. The quantitative estimate of drug-likeness (QED) is 0.425. The molecular weight excluding hydrogens is 415 g/mol. The predicted octanol–water partition coefficient (Wildman–Crippen LogP) is 4.15. The molecule has 0 saturated carbocycles. The zero-order valence-corrected chi connectivity index (χ0v) is 12.6. The van der Waals surface area contributed by atoms with Crippen LogP contribution in [-0.4, -0.2) is 9.91 Å². The molecule has 0 aliphatic carbocycles. The van der Waals surface area contributed by atoms with Crippen LogP contribution in [0.1, 0.15) is 0 Å². The van der Waals surface area contributed by atoms with Gasteiger partial charge < -0.3 is 4.74 Å². The molecule has 7 heteroatoms. The monoisotopic (exact) mass is 420 g/mol. The number of nitro groups is 1. The second kappa shape index (κ2) is 5.61. The molecule has 1 aromatic heterocycles. The van der Waals surface area contributed by atoms with Gasteiger partial charge in [0, 0.05) is 9.64 Å². The Labute approximate surface area is 125 Å². The lowest BCUT2D eigenvalue weighted by atomic mass is 10.3. The fraction of sp³-hybridized carbons (Fsp3) is 0. The SMILES string of the molecule is O=[N+]([O-])c1cnc(Oc2ccc(I)cc2)c(Br)c1. The zero-order chi connectivity index (χ0) is 13.1. The normalized spacial score (nSPS) is 10.1. The highest BCUT2D eigenvalue weighted by Gasteiger charge is 2.12. The van der Waals surface area contributed by atoms with E-state index in [2.05, 4.69) is 43.5 Å². The second-order valence-electron chi connectivity index (χ2n) is 3.29. The lowest BCUT2D eigenvalue weighted by molar-refractivity contribution is -0.385. The van der Waals surface area contributed by atoms with Gasteiger partial charge in [-0.1, -0.05) is 0 Å². The van der Waals surface area contributed by atoms with E-state index in [0.29, 0.717) is 16.1 Å². The molecule has 2 rings (SSSR count). The maximum atomic E-state index is 10.6. The van der Waals surface area contributed by atoms with Crippen LogP contribution < -0.4 is 4.74 Å². The van der Waals surface area contributed by atoms with Crippen molar-refractivity contribution in [3.63, 3.8) is 0 Å². The first-order valence-corrected chi connectivity index (χ1v) is 6.67. The molecule has 0 fully saturated rings. The average molecular weight is 421 g/mol. The molecule has 0 atom stereocenters. The van der Waals surface area contributed by atoms with Crippen LogP contribution >= 0.6 is 38.5 Å². The van der Waals surface area contributed by atoms with Crippen LogP contribution in [0.5, 0.6) is 11.6 Å². The summed E-state index contributed by atoms with van der Waals surface area (Å²) in [6.45, 7) is 0. The van der Waals surface area contributed by atoms with E-state index in [1.165, 1.54) is 6.07 Å². The van der Waals surface area contributed by atoms with Crippen molar-refractivity contribution in [3.05, 3.63) is 54.7 Å². The average Bonchev–Trinajstić information content (AvgIpc) is 2.34. The van der Waals surface area contributed by atoms with Crippen molar-refractivity contribution in [1.29, 1.82) is 0 Å². The second-order valence-corrected chi connectivity index (χ2v) is 5.39. The Hall–Kier alpha value is -1.22. The van der Waals surface area contributed by atoms with Crippen LogP contribution in [0.15, 0.2) is 41.0 Å². The molecule has 1 aromatic carbocycles. The lowest BCUT2D eigenvalue weighted by Gasteiger charge is -2.06. The van der Waals surface area contributed by atoms with Gasteiger partial charge >= 0.3 is 0 Å². The van der Waals surface area contributed by atoms with E-state index < -0.39 is 4.92 Å². The van der Waals surface area contributed by atoms with Crippen LogP contribution in [0.25, 0.3) is 0 Å². The number of halogens is 2. The molecular formula is C11H6BrIN2O3. The molecule has 0 radical (unpaired) electrons. The minimum absolute atomic E-state index is 0.0863. The Morgan fingerprint density at radius 1 is 1.33 bits per heavy atom. The molecule has 0 N–H and O–H groups in total. The largest absolute Gasteiger partial charge is 0.438 e. The van der Waals surface area contributed by atoms with Crippen LogP contribution in [0.3, 0.4) is 0 Å². The van der Waals surface area contributed by atoms with Gasteiger partial charge in [0.1, 0.15) is 11.9 Å². The van der Waals surface area contributed by atoms with Crippen LogP contribution in [0, 0.1) is 13.7 Å². The Kier molecular flexibility index (Phi) is 4.12. The summed E-state index contributed by atoms with van der Waals surface area (Å²) in [5.74, 6) is 0.916. The molecule has 0 amide bonds. The van der Waals surface area contributed by atoms with E-state index in [1.54, 1.807) is 12.1 Å². The standard InChI is InChI=1S/C11H6BrIN2O3/c12-10-5-8(15(16)17)6-14-11(10)18-9-3-1-7(13)2-4-9/h1-6H. The minimum Gasteiger partial charge on any atom is -0.438 e. The summed E-state index contributed by atoms with van der Waals surface area (Å²) in [5, 5.41) is 10.6. The molecule has 2 aromatic rings. The highest BCUT2D eigenvalue weighted by Crippen LogP contribution is 2.30. The van der Waals surface area contributed by atoms with Gasteiger partial charge in [0.25, 0.3) is 5.69 Å². The van der Waals surface area contributed by atoms with E-state index in [4.69, 9.17) is 4.74 Å². The summed E-state index contributed by atoms with van der Waals surface area (Å²) in [6.07, 6.45) is 1.16. The summed E-state index contributed by atoms with van der Waals surface area (Å²) in [5.41, 5.74) is -0.0863. The maximum Gasteiger partial charge on any atom is 0.288 e. The molecule has 18 heavy (non-hydrogen) atoms. The van der Waals surface area contributed by atoms with Gasteiger partial charge in [-0.2, -0.15) is 0 Å². The Morgan fingerprint density at radius 2 is 2.00 bits per heavy atom. The molecule has 92 valence electrons. The molecule has 0 aliphatic heterocycles. The number of ether oxygens (including phenoxy) is 1. The van der Waals surface area contributed by atoms with Crippen molar-refractivity contribution in [2.75, 3.05) is 0 Å². The van der Waals surface area contributed by atoms with Gasteiger partial charge in [0.2, 0.25) is 5.88 Å². The third kappa shape index (κ3) is 3.16.